The number of Topliss-reactive ketones (excluding diaryl/α,β-unsaturated/α-hetero) is 1. The fourth-order valence-electron chi connectivity index (χ4n) is 5.47. The molecule has 0 amide bonds. The van der Waals surface area contributed by atoms with Gasteiger partial charge in [0.1, 0.15) is 5.78 Å². The van der Waals surface area contributed by atoms with E-state index in [2.05, 4.69) is 67.2 Å². The minimum Gasteiger partial charge on any atom is -0.412 e. The molecule has 1 saturated carbocycles. The number of hydrogen-bond acceptors (Lipinski definition) is 2. The molecule has 1 fully saturated rings. The lowest BCUT2D eigenvalue weighted by Crippen LogP contribution is -2.56. The highest BCUT2D eigenvalue weighted by molar-refractivity contribution is 6.77. The Kier molecular flexibility index (Phi) is 6.27. The highest BCUT2D eigenvalue weighted by Gasteiger charge is 2.53. The van der Waals surface area contributed by atoms with Gasteiger partial charge in [-0.1, -0.05) is 61.3 Å². The average molecular weight is 363 g/mol. The molecule has 0 saturated heterocycles. The van der Waals surface area contributed by atoms with Crippen molar-refractivity contribution in [2.45, 2.75) is 104 Å². The largest absolute Gasteiger partial charge is 0.412 e. The summed E-state index contributed by atoms with van der Waals surface area (Å²) in [7, 11) is -2.04. The summed E-state index contributed by atoms with van der Waals surface area (Å²) in [4.78, 5) is 12.9. The fraction of sp³-hybridized carbons (Fsp3) is 0.864. The summed E-state index contributed by atoms with van der Waals surface area (Å²) in [6, 6.07) is 0. The van der Waals surface area contributed by atoms with Crippen molar-refractivity contribution >= 4 is 14.1 Å². The molecule has 0 aromatic carbocycles. The summed E-state index contributed by atoms with van der Waals surface area (Å²) in [5, 5.41) is 0. The molecule has 3 heteroatoms. The Morgan fingerprint density at radius 3 is 2.16 bits per heavy atom. The van der Waals surface area contributed by atoms with Gasteiger partial charge in [-0.15, -0.1) is 5.92 Å². The van der Waals surface area contributed by atoms with Crippen molar-refractivity contribution in [2.75, 3.05) is 0 Å². The van der Waals surface area contributed by atoms with Gasteiger partial charge in [-0.05, 0) is 29.5 Å². The maximum Gasteiger partial charge on any atom is 0.200 e. The summed E-state index contributed by atoms with van der Waals surface area (Å²) in [5.74, 6) is 7.40. The number of fused-ring (bicyclic) bond motifs is 1. The molecule has 0 aromatic rings. The molecule has 0 unspecified atom stereocenters. The van der Waals surface area contributed by atoms with Crippen molar-refractivity contribution in [1.29, 1.82) is 0 Å². The summed E-state index contributed by atoms with van der Waals surface area (Å²) >= 11 is 0. The Hall–Kier alpha value is -0.593. The van der Waals surface area contributed by atoms with Gasteiger partial charge in [0.15, 0.2) is 0 Å². The van der Waals surface area contributed by atoms with Gasteiger partial charge >= 0.3 is 0 Å². The molecule has 0 aliphatic heterocycles. The smallest absolute Gasteiger partial charge is 0.200 e. The summed E-state index contributed by atoms with van der Waals surface area (Å²) in [6.45, 7) is 18.5. The van der Waals surface area contributed by atoms with Crippen molar-refractivity contribution in [3.05, 3.63) is 0 Å². The van der Waals surface area contributed by atoms with E-state index in [4.69, 9.17) is 4.43 Å². The summed E-state index contributed by atoms with van der Waals surface area (Å²) < 4.78 is 7.24. The normalized spacial score (nSPS) is 29.4. The zero-order chi connectivity index (χ0) is 19.0. The van der Waals surface area contributed by atoms with Gasteiger partial charge in [0.2, 0.25) is 8.32 Å². The van der Waals surface area contributed by atoms with Crippen LogP contribution < -0.4 is 0 Å². The standard InChI is InChI=1S/C22H38O2Si/c1-15(2)25(16(3)4,17(5)6)24-21-20-18(11-9-13-19(20)23)12-10-14-22(21,7)8/h15-18,20-21H,9,11,13-14H2,1-8H3/t18-,20-,21+/m1/s1. The first-order valence-electron chi connectivity index (χ1n) is 10.2. The van der Waals surface area contributed by atoms with E-state index >= 15 is 0 Å². The molecular formula is C22H38O2Si. The van der Waals surface area contributed by atoms with Crippen LogP contribution in [0.3, 0.4) is 0 Å². The lowest BCUT2D eigenvalue weighted by molar-refractivity contribution is -0.133. The fourth-order valence-corrected chi connectivity index (χ4v) is 11.2. The van der Waals surface area contributed by atoms with Crippen molar-refractivity contribution in [1.82, 2.24) is 0 Å². The molecule has 2 rings (SSSR count). The Balaban J connectivity index is 2.49. The topological polar surface area (TPSA) is 26.3 Å². The van der Waals surface area contributed by atoms with Gasteiger partial charge < -0.3 is 4.43 Å². The van der Waals surface area contributed by atoms with Crippen LogP contribution in [0.15, 0.2) is 0 Å². The number of carbonyl (C=O) groups excluding carboxylic acids is 1. The highest BCUT2D eigenvalue weighted by atomic mass is 28.4. The lowest BCUT2D eigenvalue weighted by Gasteiger charge is -2.50. The number of rotatable bonds is 5. The van der Waals surface area contributed by atoms with Gasteiger partial charge in [-0.3, -0.25) is 4.79 Å². The second kappa shape index (κ2) is 7.57. The van der Waals surface area contributed by atoms with Crippen LogP contribution in [0.5, 0.6) is 0 Å². The predicted octanol–water partition coefficient (Wildman–Crippen LogP) is 5.97. The molecule has 25 heavy (non-hydrogen) atoms. The van der Waals surface area contributed by atoms with E-state index in [9.17, 15) is 4.79 Å². The molecule has 0 bridgehead atoms. The van der Waals surface area contributed by atoms with Crippen molar-refractivity contribution in [3.8, 4) is 11.8 Å². The average Bonchev–Trinajstić information content (AvgIpc) is 2.60. The molecule has 2 aliphatic rings. The van der Waals surface area contributed by atoms with Gasteiger partial charge in [0.05, 0.1) is 12.0 Å². The Morgan fingerprint density at radius 2 is 1.64 bits per heavy atom. The van der Waals surface area contributed by atoms with Gasteiger partial charge in [0, 0.05) is 24.2 Å². The predicted molar refractivity (Wildman–Crippen MR) is 108 cm³/mol. The molecule has 0 heterocycles. The van der Waals surface area contributed by atoms with Gasteiger partial charge in [0.25, 0.3) is 0 Å². The van der Waals surface area contributed by atoms with E-state index in [0.29, 0.717) is 28.8 Å². The molecule has 142 valence electrons. The van der Waals surface area contributed by atoms with Gasteiger partial charge in [-0.2, -0.15) is 0 Å². The van der Waals surface area contributed by atoms with Crippen LogP contribution in [0.1, 0.15) is 81.1 Å². The Labute approximate surface area is 156 Å². The zero-order valence-electron chi connectivity index (χ0n) is 17.6. The molecule has 0 aromatic heterocycles. The van der Waals surface area contributed by atoms with Crippen LogP contribution in [0.25, 0.3) is 0 Å². The molecule has 0 spiro atoms. The first-order chi connectivity index (χ1) is 11.5. The van der Waals surface area contributed by atoms with E-state index in [-0.39, 0.29) is 23.4 Å². The SMILES string of the molecule is CC(C)[Si](O[C@H]1[C@H]2C(=O)CCC[C@@H]2C#CCC1(C)C)(C(C)C)C(C)C. The molecular weight excluding hydrogens is 324 g/mol. The monoisotopic (exact) mass is 362 g/mol. The van der Waals surface area contributed by atoms with Crippen molar-refractivity contribution < 1.29 is 9.22 Å². The minimum absolute atomic E-state index is 0.00772. The third kappa shape index (κ3) is 3.76. The zero-order valence-corrected chi connectivity index (χ0v) is 18.6. The van der Waals surface area contributed by atoms with Crippen LogP contribution in [0.4, 0.5) is 0 Å². The second-order valence-corrected chi connectivity index (χ2v) is 15.2. The molecule has 3 atom stereocenters. The number of ketones is 1. The first-order valence-corrected chi connectivity index (χ1v) is 12.4. The summed E-state index contributed by atoms with van der Waals surface area (Å²) in [6.07, 6.45) is 3.57. The number of carbonyl (C=O) groups is 1. The summed E-state index contributed by atoms with van der Waals surface area (Å²) in [5.41, 5.74) is 1.52. The maximum absolute atomic E-state index is 12.9. The van der Waals surface area contributed by atoms with Crippen LogP contribution in [0, 0.1) is 29.1 Å². The van der Waals surface area contributed by atoms with E-state index in [1.807, 2.05) is 0 Å². The van der Waals surface area contributed by atoms with E-state index in [0.717, 1.165) is 19.3 Å². The van der Waals surface area contributed by atoms with Crippen LogP contribution in [0.2, 0.25) is 16.6 Å². The minimum atomic E-state index is -2.04. The van der Waals surface area contributed by atoms with Crippen molar-refractivity contribution in [3.63, 3.8) is 0 Å². The molecule has 0 N–H and O–H groups in total. The van der Waals surface area contributed by atoms with E-state index in [1.165, 1.54) is 0 Å². The lowest BCUT2D eigenvalue weighted by atomic mass is 9.69. The maximum atomic E-state index is 12.9. The van der Waals surface area contributed by atoms with Crippen LogP contribution in [-0.2, 0) is 9.22 Å². The van der Waals surface area contributed by atoms with E-state index < -0.39 is 8.32 Å². The number of hydrogen-bond donors (Lipinski definition) is 0. The molecule has 2 nitrogen and oxygen atoms in total. The quantitative estimate of drug-likeness (QED) is 0.445. The first kappa shape index (κ1) is 20.7. The van der Waals surface area contributed by atoms with Crippen LogP contribution >= 0.6 is 0 Å². The van der Waals surface area contributed by atoms with E-state index in [1.54, 1.807) is 0 Å². The highest BCUT2D eigenvalue weighted by Crippen LogP contribution is 2.49. The second-order valence-electron chi connectivity index (χ2n) is 9.83. The Morgan fingerprint density at radius 1 is 1.08 bits per heavy atom. The molecule has 0 radical (unpaired) electrons. The van der Waals surface area contributed by atoms with Gasteiger partial charge in [-0.25, -0.2) is 0 Å². The van der Waals surface area contributed by atoms with Crippen LogP contribution in [-0.4, -0.2) is 20.2 Å². The molecule has 2 aliphatic carbocycles. The third-order valence-electron chi connectivity index (χ3n) is 6.71. The Bertz CT molecular complexity index is 528. The van der Waals surface area contributed by atoms with Crippen molar-refractivity contribution in [2.24, 2.45) is 17.3 Å². The third-order valence-corrected chi connectivity index (χ3v) is 12.8.